The lowest BCUT2D eigenvalue weighted by atomic mass is 10.7. The van der Waals surface area contributed by atoms with Crippen LogP contribution in [0.4, 0.5) is 0 Å². The van der Waals surface area contributed by atoms with E-state index in [4.69, 9.17) is 9.47 Å². The molecule has 0 N–H and O–H groups in total. The van der Waals surface area contributed by atoms with Crippen LogP contribution in [0.3, 0.4) is 0 Å². The number of nitrogens with zero attached hydrogens (tertiary/aromatic N) is 4. The summed E-state index contributed by atoms with van der Waals surface area (Å²) >= 11 is 9.85. The monoisotopic (exact) mass is 442 g/mol. The maximum Gasteiger partial charge on any atom is 0.175 e. The molecule has 0 spiro atoms. The molecule has 0 aliphatic rings. The Balaban J connectivity index is 1.39. The molecule has 0 radical (unpaired) electrons. The van der Waals surface area contributed by atoms with Crippen LogP contribution in [-0.2, 0) is 9.47 Å². The molecule has 2 aromatic rings. The van der Waals surface area contributed by atoms with Crippen molar-refractivity contribution >= 4 is 69.7 Å². The summed E-state index contributed by atoms with van der Waals surface area (Å²) in [7, 11) is 0. The minimum Gasteiger partial charge on any atom is -0.378 e. The van der Waals surface area contributed by atoms with Gasteiger partial charge in [0.2, 0.25) is 0 Å². The molecule has 24 heavy (non-hydrogen) atoms. The van der Waals surface area contributed by atoms with Gasteiger partial charge in [0.15, 0.2) is 17.4 Å². The first-order chi connectivity index (χ1) is 11.8. The number of hydrogen-bond acceptors (Lipinski definition) is 12. The van der Waals surface area contributed by atoms with Crippen molar-refractivity contribution in [1.82, 2.24) is 20.4 Å². The molecule has 0 amide bonds. The lowest BCUT2D eigenvalue weighted by molar-refractivity contribution is 0.0605. The summed E-state index contributed by atoms with van der Waals surface area (Å²) in [5, 5.41) is 16.3. The summed E-state index contributed by atoms with van der Waals surface area (Å²) in [6.07, 6.45) is 4.01. The first-order valence-corrected chi connectivity index (χ1v) is 13.0. The van der Waals surface area contributed by atoms with Gasteiger partial charge in [-0.25, -0.2) is 0 Å². The highest BCUT2D eigenvalue weighted by Gasteiger charge is 2.04. The van der Waals surface area contributed by atoms with Crippen molar-refractivity contribution in [1.29, 1.82) is 0 Å². The molecule has 0 fully saturated rings. The van der Waals surface area contributed by atoms with Crippen molar-refractivity contribution in [2.75, 3.05) is 50.4 Å². The van der Waals surface area contributed by atoms with Crippen LogP contribution in [0.25, 0.3) is 0 Å². The summed E-state index contributed by atoms with van der Waals surface area (Å²) in [6.45, 7) is 2.62. The molecule has 12 heteroatoms. The highest BCUT2D eigenvalue weighted by atomic mass is 32.2. The quantitative estimate of drug-likeness (QED) is 0.338. The second kappa shape index (κ2) is 12.7. The number of ether oxygens (including phenoxy) is 2. The summed E-state index contributed by atoms with van der Waals surface area (Å²) in [4.78, 5) is 0. The van der Waals surface area contributed by atoms with Gasteiger partial charge in [0.25, 0.3) is 0 Å². The zero-order chi connectivity index (χ0) is 17.0. The van der Waals surface area contributed by atoms with Gasteiger partial charge in [-0.1, -0.05) is 69.7 Å². The second-order valence-corrected chi connectivity index (χ2v) is 10.7. The predicted molar refractivity (Wildman–Crippen MR) is 106 cm³/mol. The van der Waals surface area contributed by atoms with Crippen LogP contribution in [-0.4, -0.2) is 70.8 Å². The molecule has 0 aromatic carbocycles. The Hall–Kier alpha value is 0.440. The van der Waals surface area contributed by atoms with Crippen molar-refractivity contribution in [3.8, 4) is 0 Å². The van der Waals surface area contributed by atoms with Crippen LogP contribution in [0, 0.1) is 0 Å². The summed E-state index contributed by atoms with van der Waals surface area (Å²) in [5.74, 6) is 1.77. The molecule has 0 atom stereocenters. The van der Waals surface area contributed by atoms with E-state index < -0.39 is 0 Å². The molecule has 0 saturated carbocycles. The fourth-order valence-corrected chi connectivity index (χ4v) is 6.09. The average Bonchev–Trinajstić information content (AvgIpc) is 3.25. The van der Waals surface area contributed by atoms with Crippen molar-refractivity contribution < 1.29 is 9.47 Å². The molecule has 0 aliphatic heterocycles. The topological polar surface area (TPSA) is 70.0 Å². The maximum atomic E-state index is 5.55. The maximum absolute atomic E-state index is 5.55. The van der Waals surface area contributed by atoms with E-state index in [1.54, 1.807) is 69.7 Å². The van der Waals surface area contributed by atoms with E-state index in [1.165, 1.54) is 0 Å². The zero-order valence-corrected chi connectivity index (χ0v) is 18.2. The molecule has 2 rings (SSSR count). The van der Waals surface area contributed by atoms with E-state index >= 15 is 0 Å². The highest BCUT2D eigenvalue weighted by molar-refractivity contribution is 8.03. The Morgan fingerprint density at radius 3 is 1.46 bits per heavy atom. The van der Waals surface area contributed by atoms with Gasteiger partial charge in [-0.15, -0.1) is 20.4 Å². The van der Waals surface area contributed by atoms with Crippen molar-refractivity contribution in [2.24, 2.45) is 0 Å². The Labute approximate surface area is 166 Å². The Morgan fingerprint density at radius 1 is 0.667 bits per heavy atom. The van der Waals surface area contributed by atoms with Gasteiger partial charge < -0.3 is 9.47 Å². The van der Waals surface area contributed by atoms with E-state index in [0.29, 0.717) is 26.4 Å². The summed E-state index contributed by atoms with van der Waals surface area (Å²) in [6, 6.07) is 0. The van der Waals surface area contributed by atoms with Gasteiger partial charge in [-0.05, 0) is 12.5 Å². The third-order valence-electron chi connectivity index (χ3n) is 2.40. The first-order valence-electron chi connectivity index (χ1n) is 6.98. The van der Waals surface area contributed by atoms with Crippen LogP contribution >= 0.6 is 69.7 Å². The Kier molecular flexibility index (Phi) is 11.0. The van der Waals surface area contributed by atoms with Crippen LogP contribution in [0.1, 0.15) is 0 Å². The van der Waals surface area contributed by atoms with Gasteiger partial charge in [0.05, 0.1) is 26.4 Å². The molecule has 0 saturated heterocycles. The molecule has 134 valence electrons. The van der Waals surface area contributed by atoms with Gasteiger partial charge in [0, 0.05) is 11.5 Å². The number of thioether (sulfide) groups is 4. The van der Waals surface area contributed by atoms with E-state index in [1.807, 2.05) is 12.5 Å². The predicted octanol–water partition coefficient (Wildman–Crippen LogP) is 3.75. The lowest BCUT2D eigenvalue weighted by Crippen LogP contribution is -2.08. The molecule has 0 aliphatic carbocycles. The minimum absolute atomic E-state index is 0.618. The molecule has 2 aromatic heterocycles. The van der Waals surface area contributed by atoms with Gasteiger partial charge in [-0.2, -0.15) is 0 Å². The molecule has 0 unspecified atom stereocenters. The largest absolute Gasteiger partial charge is 0.378 e. The van der Waals surface area contributed by atoms with E-state index in [0.717, 1.165) is 28.9 Å². The molecule has 2 heterocycles. The summed E-state index contributed by atoms with van der Waals surface area (Å²) in [5.41, 5.74) is 0. The SMILES string of the molecule is CSc1nnc(SCCOCCOCCSc2nnc(SC)s2)s1. The van der Waals surface area contributed by atoms with Crippen LogP contribution in [0.5, 0.6) is 0 Å². The van der Waals surface area contributed by atoms with Gasteiger partial charge in [0.1, 0.15) is 0 Å². The molecule has 6 nitrogen and oxygen atoms in total. The number of hydrogen-bond donors (Lipinski definition) is 0. The highest BCUT2D eigenvalue weighted by Crippen LogP contribution is 2.27. The second-order valence-electron chi connectivity index (χ2n) is 4.00. The smallest absolute Gasteiger partial charge is 0.175 e. The lowest BCUT2D eigenvalue weighted by Gasteiger charge is -2.04. The third kappa shape index (κ3) is 8.21. The van der Waals surface area contributed by atoms with E-state index in [2.05, 4.69) is 20.4 Å². The zero-order valence-electron chi connectivity index (χ0n) is 13.3. The van der Waals surface area contributed by atoms with Crippen molar-refractivity contribution in [2.45, 2.75) is 17.4 Å². The molecule has 0 bridgehead atoms. The molecular formula is C12H18N4O2S6. The fraction of sp³-hybridized carbons (Fsp3) is 0.667. The van der Waals surface area contributed by atoms with Crippen LogP contribution < -0.4 is 0 Å². The standard InChI is InChI=1S/C12H18N4O2S6/c1-19-9-13-15-11(23-9)21-7-5-17-3-4-18-6-8-22-12-16-14-10(20-2)24-12/h3-8H2,1-2H3. The molecular weight excluding hydrogens is 425 g/mol. The Bertz CT molecular complexity index is 531. The number of aromatic nitrogens is 4. The Morgan fingerprint density at radius 2 is 1.08 bits per heavy atom. The van der Waals surface area contributed by atoms with Crippen LogP contribution in [0.15, 0.2) is 17.4 Å². The summed E-state index contributed by atoms with van der Waals surface area (Å²) < 4.78 is 15.1. The number of rotatable bonds is 13. The first kappa shape index (κ1) is 20.7. The third-order valence-corrected chi connectivity index (χ3v) is 8.40. The average molecular weight is 443 g/mol. The van der Waals surface area contributed by atoms with E-state index in [-0.39, 0.29) is 0 Å². The fourth-order valence-electron chi connectivity index (χ4n) is 1.37. The van der Waals surface area contributed by atoms with Crippen LogP contribution in [0.2, 0.25) is 0 Å². The van der Waals surface area contributed by atoms with E-state index in [9.17, 15) is 0 Å². The van der Waals surface area contributed by atoms with Gasteiger partial charge >= 0.3 is 0 Å². The normalized spacial score (nSPS) is 11.2. The minimum atomic E-state index is 0.618. The van der Waals surface area contributed by atoms with Crippen molar-refractivity contribution in [3.63, 3.8) is 0 Å². The van der Waals surface area contributed by atoms with Crippen molar-refractivity contribution in [3.05, 3.63) is 0 Å². The van der Waals surface area contributed by atoms with Gasteiger partial charge in [-0.3, -0.25) is 0 Å².